The maximum absolute atomic E-state index is 12.5. The summed E-state index contributed by atoms with van der Waals surface area (Å²) < 4.78 is 13.6. The molecule has 0 spiro atoms. The third-order valence-corrected chi connectivity index (χ3v) is 2.06. The molecule has 0 bridgehead atoms. The standard InChI is InChI=1S/C10H9FN4O/c11-9-2-1-7(4-13-9)3-8-5-14-15(6-8)10(12)16/h1-2,4-6H,3H2,(H2,12,16). The Bertz CT molecular complexity index is 506. The number of pyridine rings is 1. The fourth-order valence-corrected chi connectivity index (χ4v) is 1.32. The van der Waals surface area contributed by atoms with Gasteiger partial charge in [-0.3, -0.25) is 0 Å². The maximum atomic E-state index is 12.5. The Morgan fingerprint density at radius 1 is 1.38 bits per heavy atom. The molecule has 0 aromatic carbocycles. The number of aromatic nitrogens is 3. The highest BCUT2D eigenvalue weighted by molar-refractivity contribution is 5.73. The van der Waals surface area contributed by atoms with Crippen molar-refractivity contribution in [2.45, 2.75) is 6.42 Å². The SMILES string of the molecule is NC(=O)n1cc(Cc2ccc(F)nc2)cn1. The number of carbonyl (C=O) groups is 1. The molecule has 0 aliphatic carbocycles. The van der Waals surface area contributed by atoms with Crippen LogP contribution in [0.5, 0.6) is 0 Å². The first kappa shape index (κ1) is 10.3. The predicted octanol–water partition coefficient (Wildman–Crippen LogP) is 0.935. The zero-order valence-electron chi connectivity index (χ0n) is 8.30. The Labute approximate surface area is 90.7 Å². The number of carbonyl (C=O) groups excluding carboxylic acids is 1. The molecule has 5 nitrogen and oxygen atoms in total. The van der Waals surface area contributed by atoms with Crippen LogP contribution >= 0.6 is 0 Å². The van der Waals surface area contributed by atoms with Gasteiger partial charge in [-0.25, -0.2) is 9.78 Å². The van der Waals surface area contributed by atoms with E-state index in [0.717, 1.165) is 15.8 Å². The lowest BCUT2D eigenvalue weighted by Gasteiger charge is -1.96. The minimum atomic E-state index is -0.636. The molecule has 0 unspecified atom stereocenters. The second-order valence-corrected chi connectivity index (χ2v) is 3.30. The van der Waals surface area contributed by atoms with Gasteiger partial charge < -0.3 is 5.73 Å². The van der Waals surface area contributed by atoms with E-state index in [-0.39, 0.29) is 0 Å². The van der Waals surface area contributed by atoms with Crippen molar-refractivity contribution < 1.29 is 9.18 Å². The average molecular weight is 220 g/mol. The first-order chi connectivity index (χ1) is 7.65. The van der Waals surface area contributed by atoms with Gasteiger partial charge in [0.05, 0.1) is 6.20 Å². The molecule has 2 aromatic heterocycles. The molecule has 2 aromatic rings. The number of hydrogen-bond acceptors (Lipinski definition) is 3. The van der Waals surface area contributed by atoms with Crippen LogP contribution in [0.25, 0.3) is 0 Å². The van der Waals surface area contributed by atoms with Crippen molar-refractivity contribution in [3.63, 3.8) is 0 Å². The summed E-state index contributed by atoms with van der Waals surface area (Å²) >= 11 is 0. The summed E-state index contributed by atoms with van der Waals surface area (Å²) in [5.74, 6) is -0.517. The minimum Gasteiger partial charge on any atom is -0.350 e. The van der Waals surface area contributed by atoms with Crippen molar-refractivity contribution in [3.05, 3.63) is 47.8 Å². The van der Waals surface area contributed by atoms with Crippen molar-refractivity contribution in [2.75, 3.05) is 0 Å². The number of nitrogens with zero attached hydrogens (tertiary/aromatic N) is 3. The highest BCUT2D eigenvalue weighted by Crippen LogP contribution is 2.07. The summed E-state index contributed by atoms with van der Waals surface area (Å²) in [6.07, 6.45) is 5.04. The van der Waals surface area contributed by atoms with Crippen LogP contribution in [0.3, 0.4) is 0 Å². The van der Waals surface area contributed by atoms with Crippen LogP contribution in [0.4, 0.5) is 9.18 Å². The molecular weight excluding hydrogens is 211 g/mol. The molecule has 0 aliphatic rings. The van der Waals surface area contributed by atoms with Crippen molar-refractivity contribution in [3.8, 4) is 0 Å². The van der Waals surface area contributed by atoms with E-state index in [4.69, 9.17) is 5.73 Å². The number of rotatable bonds is 2. The summed E-state index contributed by atoms with van der Waals surface area (Å²) in [6, 6.07) is 2.28. The Hall–Kier alpha value is -2.24. The van der Waals surface area contributed by atoms with Crippen LogP contribution < -0.4 is 5.73 Å². The molecule has 82 valence electrons. The molecule has 0 aliphatic heterocycles. The summed E-state index contributed by atoms with van der Waals surface area (Å²) in [5.41, 5.74) is 6.69. The molecule has 2 rings (SSSR count). The topological polar surface area (TPSA) is 73.8 Å². The van der Waals surface area contributed by atoms with Gasteiger partial charge in [-0.1, -0.05) is 6.07 Å². The van der Waals surface area contributed by atoms with Crippen LogP contribution in [0.2, 0.25) is 0 Å². The van der Waals surface area contributed by atoms with E-state index < -0.39 is 12.0 Å². The highest BCUT2D eigenvalue weighted by Gasteiger charge is 2.03. The smallest absolute Gasteiger partial charge is 0.339 e. The van der Waals surface area contributed by atoms with E-state index in [1.807, 2.05) is 0 Å². The number of nitrogens with two attached hydrogens (primary N) is 1. The molecule has 0 saturated carbocycles. The molecule has 2 heterocycles. The Kier molecular flexibility index (Phi) is 2.63. The van der Waals surface area contributed by atoms with E-state index in [9.17, 15) is 9.18 Å². The van der Waals surface area contributed by atoms with E-state index in [2.05, 4.69) is 10.1 Å². The summed E-state index contributed by atoms with van der Waals surface area (Å²) in [6.45, 7) is 0. The summed E-state index contributed by atoms with van der Waals surface area (Å²) in [4.78, 5) is 14.3. The van der Waals surface area contributed by atoms with Crippen molar-refractivity contribution in [1.82, 2.24) is 14.8 Å². The third-order valence-electron chi connectivity index (χ3n) is 2.06. The second-order valence-electron chi connectivity index (χ2n) is 3.30. The summed E-state index contributed by atoms with van der Waals surface area (Å²) in [5, 5.41) is 3.78. The van der Waals surface area contributed by atoms with Gasteiger partial charge in [-0.2, -0.15) is 14.2 Å². The van der Waals surface area contributed by atoms with Gasteiger partial charge in [-0.15, -0.1) is 0 Å². The Morgan fingerprint density at radius 2 is 2.19 bits per heavy atom. The first-order valence-corrected chi connectivity index (χ1v) is 4.59. The van der Waals surface area contributed by atoms with Crippen LogP contribution in [0, 0.1) is 5.95 Å². The van der Waals surface area contributed by atoms with E-state index in [1.54, 1.807) is 6.07 Å². The highest BCUT2D eigenvalue weighted by atomic mass is 19.1. The van der Waals surface area contributed by atoms with Crippen LogP contribution in [0.15, 0.2) is 30.7 Å². The summed E-state index contributed by atoms with van der Waals surface area (Å²) in [7, 11) is 0. The quantitative estimate of drug-likeness (QED) is 0.765. The maximum Gasteiger partial charge on any atom is 0.339 e. The molecular formula is C10H9FN4O. The van der Waals surface area contributed by atoms with Crippen molar-refractivity contribution >= 4 is 6.03 Å². The van der Waals surface area contributed by atoms with Crippen molar-refractivity contribution in [1.29, 1.82) is 0 Å². The molecule has 0 fully saturated rings. The molecule has 0 radical (unpaired) electrons. The second kappa shape index (κ2) is 4.09. The molecule has 1 amide bonds. The van der Waals surface area contributed by atoms with Crippen LogP contribution in [-0.2, 0) is 6.42 Å². The number of amides is 1. The zero-order valence-corrected chi connectivity index (χ0v) is 8.30. The number of primary amides is 1. The normalized spacial score (nSPS) is 10.3. The van der Waals surface area contributed by atoms with E-state index in [0.29, 0.717) is 6.42 Å². The molecule has 0 atom stereocenters. The lowest BCUT2D eigenvalue weighted by molar-refractivity contribution is 0.247. The largest absolute Gasteiger partial charge is 0.350 e. The molecule has 6 heteroatoms. The van der Waals surface area contributed by atoms with Crippen LogP contribution in [-0.4, -0.2) is 20.8 Å². The van der Waals surface area contributed by atoms with Gasteiger partial charge in [0.25, 0.3) is 0 Å². The van der Waals surface area contributed by atoms with Crippen LogP contribution in [0.1, 0.15) is 11.1 Å². The fourth-order valence-electron chi connectivity index (χ4n) is 1.32. The molecule has 0 saturated heterocycles. The lowest BCUT2D eigenvalue weighted by atomic mass is 10.1. The van der Waals surface area contributed by atoms with E-state index >= 15 is 0 Å². The van der Waals surface area contributed by atoms with E-state index in [1.165, 1.54) is 24.7 Å². The van der Waals surface area contributed by atoms with Crippen molar-refractivity contribution in [2.24, 2.45) is 5.73 Å². The minimum absolute atomic E-state index is 0.517. The Morgan fingerprint density at radius 3 is 2.75 bits per heavy atom. The monoisotopic (exact) mass is 220 g/mol. The average Bonchev–Trinajstić information content (AvgIpc) is 2.70. The molecule has 2 N–H and O–H groups in total. The van der Waals surface area contributed by atoms with Gasteiger partial charge in [0.2, 0.25) is 5.95 Å². The zero-order chi connectivity index (χ0) is 11.5. The third kappa shape index (κ3) is 2.22. The predicted molar refractivity (Wildman–Crippen MR) is 54.2 cm³/mol. The van der Waals surface area contributed by atoms with Gasteiger partial charge in [0.1, 0.15) is 0 Å². The fraction of sp³-hybridized carbons (Fsp3) is 0.100. The van der Waals surface area contributed by atoms with Gasteiger partial charge in [-0.05, 0) is 17.2 Å². The van der Waals surface area contributed by atoms with Gasteiger partial charge >= 0.3 is 6.03 Å². The number of halogens is 1. The van der Waals surface area contributed by atoms with Gasteiger partial charge in [0, 0.05) is 18.8 Å². The Balaban J connectivity index is 2.14. The lowest BCUT2D eigenvalue weighted by Crippen LogP contribution is -2.19. The molecule has 16 heavy (non-hydrogen) atoms. The first-order valence-electron chi connectivity index (χ1n) is 4.59. The number of hydrogen-bond donors (Lipinski definition) is 1. The van der Waals surface area contributed by atoms with Gasteiger partial charge in [0.15, 0.2) is 0 Å².